The lowest BCUT2D eigenvalue weighted by Crippen LogP contribution is -2.41. The Bertz CT molecular complexity index is 472. The van der Waals surface area contributed by atoms with Crippen LogP contribution in [0.3, 0.4) is 0 Å². The van der Waals surface area contributed by atoms with Crippen molar-refractivity contribution in [3.63, 3.8) is 0 Å². The van der Waals surface area contributed by atoms with E-state index in [1.54, 1.807) is 20.8 Å². The number of anilines is 1. The van der Waals surface area contributed by atoms with Gasteiger partial charge in [0, 0.05) is 12.4 Å². The maximum Gasteiger partial charge on any atom is 0.425 e. The molecule has 98 valence electrons. The molecule has 18 heavy (non-hydrogen) atoms. The molecule has 0 fully saturated rings. The summed E-state index contributed by atoms with van der Waals surface area (Å²) < 4.78 is 4.95. The minimum atomic E-state index is -1.55. The van der Waals surface area contributed by atoms with Crippen LogP contribution >= 0.6 is 11.6 Å². The number of rotatable bonds is 1. The van der Waals surface area contributed by atoms with Crippen LogP contribution in [0.4, 0.5) is 15.4 Å². The van der Waals surface area contributed by atoms with Crippen molar-refractivity contribution in [1.82, 2.24) is 9.97 Å². The minimum absolute atomic E-state index is 0.203. The summed E-state index contributed by atoms with van der Waals surface area (Å²) in [5.74, 6) is -0.291. The van der Waals surface area contributed by atoms with Crippen LogP contribution in [0.5, 0.6) is 0 Å². The SMILES string of the molecule is CC(C)(C)OC(=O)N(C(=O)O)c1nccnc1Cl. The first-order chi connectivity index (χ1) is 8.22. The Morgan fingerprint density at radius 2 is 1.89 bits per heavy atom. The van der Waals surface area contributed by atoms with Gasteiger partial charge in [0.15, 0.2) is 11.0 Å². The number of carboxylic acid groups (broad SMARTS) is 1. The second-order valence-electron chi connectivity index (χ2n) is 4.27. The number of aromatic nitrogens is 2. The Balaban J connectivity index is 3.09. The highest BCUT2D eigenvalue weighted by molar-refractivity contribution is 6.33. The summed E-state index contributed by atoms with van der Waals surface area (Å²) in [7, 11) is 0. The normalized spacial score (nSPS) is 10.9. The molecule has 0 saturated carbocycles. The Morgan fingerprint density at radius 3 is 2.33 bits per heavy atom. The molecule has 0 aliphatic heterocycles. The first-order valence-electron chi connectivity index (χ1n) is 4.95. The maximum absolute atomic E-state index is 11.7. The Labute approximate surface area is 108 Å². The van der Waals surface area contributed by atoms with Gasteiger partial charge in [0.1, 0.15) is 5.60 Å². The van der Waals surface area contributed by atoms with Crippen LogP contribution in [0.15, 0.2) is 12.4 Å². The second kappa shape index (κ2) is 5.18. The van der Waals surface area contributed by atoms with Crippen LogP contribution in [0.25, 0.3) is 0 Å². The number of carbonyl (C=O) groups excluding carboxylic acids is 1. The quantitative estimate of drug-likeness (QED) is 0.845. The molecule has 0 unspecified atom stereocenters. The van der Waals surface area contributed by atoms with E-state index in [0.29, 0.717) is 4.90 Å². The van der Waals surface area contributed by atoms with Gasteiger partial charge in [-0.05, 0) is 20.8 Å². The van der Waals surface area contributed by atoms with E-state index in [-0.39, 0.29) is 11.0 Å². The predicted octanol–water partition coefficient (Wildman–Crippen LogP) is 2.55. The summed E-state index contributed by atoms with van der Waals surface area (Å²) in [4.78, 5) is 30.5. The van der Waals surface area contributed by atoms with Crippen molar-refractivity contribution in [2.24, 2.45) is 0 Å². The standard InChI is InChI=1S/C10H12ClN3O4/c1-10(2,3)18-9(17)14(8(15)16)7-6(11)12-4-5-13-7/h4-5H,1-3H3,(H,15,16). The molecule has 7 nitrogen and oxygen atoms in total. The van der Waals surface area contributed by atoms with E-state index >= 15 is 0 Å². The largest absolute Gasteiger partial charge is 0.464 e. The number of hydrogen-bond acceptors (Lipinski definition) is 5. The third-order valence-electron chi connectivity index (χ3n) is 1.62. The third-order valence-corrected chi connectivity index (χ3v) is 1.88. The predicted molar refractivity (Wildman–Crippen MR) is 63.8 cm³/mol. The lowest BCUT2D eigenvalue weighted by atomic mass is 10.2. The molecule has 1 aromatic heterocycles. The number of amides is 2. The molecule has 1 aromatic rings. The second-order valence-corrected chi connectivity index (χ2v) is 4.63. The Morgan fingerprint density at radius 1 is 1.33 bits per heavy atom. The molecule has 2 amide bonds. The van der Waals surface area contributed by atoms with Gasteiger partial charge < -0.3 is 9.84 Å². The van der Waals surface area contributed by atoms with Gasteiger partial charge in [-0.3, -0.25) is 0 Å². The minimum Gasteiger partial charge on any atom is -0.464 e. The van der Waals surface area contributed by atoms with Crippen LogP contribution in [0, 0.1) is 0 Å². The van der Waals surface area contributed by atoms with E-state index in [0.717, 1.165) is 0 Å². The van der Waals surface area contributed by atoms with Crippen molar-refractivity contribution in [1.29, 1.82) is 0 Å². The molecule has 0 radical (unpaired) electrons. The maximum atomic E-state index is 11.7. The molecule has 1 N–H and O–H groups in total. The summed E-state index contributed by atoms with van der Waals surface area (Å²) in [5.41, 5.74) is -0.834. The number of ether oxygens (including phenoxy) is 1. The van der Waals surface area contributed by atoms with Crippen LogP contribution in [0.1, 0.15) is 20.8 Å². The van der Waals surface area contributed by atoms with Gasteiger partial charge in [0.25, 0.3) is 0 Å². The Kier molecular flexibility index (Phi) is 4.07. The average Bonchev–Trinajstić information content (AvgIpc) is 2.17. The summed E-state index contributed by atoms with van der Waals surface area (Å²) >= 11 is 5.69. The molecule has 0 aliphatic carbocycles. The highest BCUT2D eigenvalue weighted by Gasteiger charge is 2.31. The molecule has 0 aromatic carbocycles. The molecule has 0 spiro atoms. The van der Waals surface area contributed by atoms with Gasteiger partial charge in [-0.2, -0.15) is 4.90 Å². The van der Waals surface area contributed by atoms with E-state index in [2.05, 4.69) is 9.97 Å². The lowest BCUT2D eigenvalue weighted by molar-refractivity contribution is 0.0581. The number of nitrogens with zero attached hydrogens (tertiary/aromatic N) is 3. The Hall–Kier alpha value is -1.89. The monoisotopic (exact) mass is 273 g/mol. The van der Waals surface area contributed by atoms with Crippen LogP contribution < -0.4 is 4.90 Å². The van der Waals surface area contributed by atoms with E-state index in [1.807, 2.05) is 0 Å². The van der Waals surface area contributed by atoms with E-state index < -0.39 is 17.8 Å². The summed E-state index contributed by atoms with van der Waals surface area (Å²) in [6.07, 6.45) is -0.133. The molecule has 1 rings (SSSR count). The van der Waals surface area contributed by atoms with Gasteiger partial charge in [-0.15, -0.1) is 0 Å². The van der Waals surface area contributed by atoms with Crippen LogP contribution in [-0.4, -0.2) is 32.9 Å². The number of halogens is 1. The fourth-order valence-electron chi connectivity index (χ4n) is 1.03. The molecular weight excluding hydrogens is 262 g/mol. The van der Waals surface area contributed by atoms with Crippen molar-refractivity contribution >= 4 is 29.6 Å². The fourth-order valence-corrected chi connectivity index (χ4v) is 1.22. The third kappa shape index (κ3) is 3.56. The van der Waals surface area contributed by atoms with E-state index in [4.69, 9.17) is 21.4 Å². The molecule has 1 heterocycles. The summed E-state index contributed by atoms with van der Waals surface area (Å²) in [6, 6.07) is 0. The molecule has 0 atom stereocenters. The first-order valence-corrected chi connectivity index (χ1v) is 5.32. The lowest BCUT2D eigenvalue weighted by Gasteiger charge is -2.23. The number of hydrogen-bond donors (Lipinski definition) is 1. The van der Waals surface area contributed by atoms with Gasteiger partial charge in [-0.1, -0.05) is 11.6 Å². The van der Waals surface area contributed by atoms with E-state index in [9.17, 15) is 9.59 Å². The average molecular weight is 274 g/mol. The highest BCUT2D eigenvalue weighted by atomic mass is 35.5. The topological polar surface area (TPSA) is 92.6 Å². The zero-order chi connectivity index (χ0) is 13.9. The van der Waals surface area contributed by atoms with Gasteiger partial charge in [0.2, 0.25) is 0 Å². The van der Waals surface area contributed by atoms with Crippen molar-refractivity contribution in [3.8, 4) is 0 Å². The van der Waals surface area contributed by atoms with Gasteiger partial charge in [-0.25, -0.2) is 19.6 Å². The smallest absolute Gasteiger partial charge is 0.425 e. The molecular formula is C10H12ClN3O4. The van der Waals surface area contributed by atoms with Crippen LogP contribution in [-0.2, 0) is 4.74 Å². The number of carbonyl (C=O) groups is 2. The summed E-state index contributed by atoms with van der Waals surface area (Å²) in [5, 5.41) is 8.81. The summed E-state index contributed by atoms with van der Waals surface area (Å²) in [6.45, 7) is 4.84. The zero-order valence-corrected chi connectivity index (χ0v) is 10.8. The molecule has 0 aliphatic rings. The zero-order valence-electron chi connectivity index (χ0n) is 10.0. The first kappa shape index (κ1) is 14.2. The molecule has 0 bridgehead atoms. The highest BCUT2D eigenvalue weighted by Crippen LogP contribution is 2.22. The van der Waals surface area contributed by atoms with Crippen molar-refractivity contribution in [3.05, 3.63) is 17.5 Å². The number of imide groups is 1. The van der Waals surface area contributed by atoms with Crippen molar-refractivity contribution in [2.75, 3.05) is 4.90 Å². The van der Waals surface area contributed by atoms with E-state index in [1.165, 1.54) is 12.4 Å². The van der Waals surface area contributed by atoms with Gasteiger partial charge in [0.05, 0.1) is 0 Å². The van der Waals surface area contributed by atoms with Crippen molar-refractivity contribution < 1.29 is 19.4 Å². The van der Waals surface area contributed by atoms with Crippen LogP contribution in [0.2, 0.25) is 5.15 Å². The fraction of sp³-hybridized carbons (Fsp3) is 0.400. The molecule has 8 heteroatoms. The van der Waals surface area contributed by atoms with Gasteiger partial charge >= 0.3 is 12.2 Å². The molecule has 0 saturated heterocycles. The van der Waals surface area contributed by atoms with Crippen molar-refractivity contribution in [2.45, 2.75) is 26.4 Å².